The number of nitrogens with zero attached hydrogens (tertiary/aromatic N) is 2. The molecule has 0 radical (unpaired) electrons. The van der Waals surface area contributed by atoms with E-state index in [2.05, 4.69) is 20.4 Å². The molecule has 5 nitrogen and oxygen atoms in total. The fourth-order valence-electron chi connectivity index (χ4n) is 2.58. The van der Waals surface area contributed by atoms with Gasteiger partial charge in [0.15, 0.2) is 0 Å². The zero-order chi connectivity index (χ0) is 19.2. The van der Waals surface area contributed by atoms with E-state index in [0.717, 1.165) is 19.2 Å². The molecule has 2 aromatic rings. The van der Waals surface area contributed by atoms with Crippen molar-refractivity contribution in [3.8, 4) is 16.9 Å². The van der Waals surface area contributed by atoms with Crippen LogP contribution in [0.1, 0.15) is 24.6 Å². The number of likely N-dealkylation sites (N-methyl/N-ethyl adjacent to an activating group) is 2. The van der Waals surface area contributed by atoms with E-state index in [0.29, 0.717) is 29.8 Å². The Morgan fingerprint density at radius 1 is 1.31 bits per heavy atom. The van der Waals surface area contributed by atoms with Crippen molar-refractivity contribution < 1.29 is 17.9 Å². The number of ether oxygens (including phenoxy) is 1. The van der Waals surface area contributed by atoms with Crippen LogP contribution in [0, 0.1) is 0 Å². The predicted molar refractivity (Wildman–Crippen MR) is 95.1 cm³/mol. The fraction of sp³-hybridized carbons (Fsp3) is 0.500. The van der Waals surface area contributed by atoms with Gasteiger partial charge in [-0.3, -0.25) is 10.00 Å². The van der Waals surface area contributed by atoms with Crippen molar-refractivity contribution in [2.75, 3.05) is 33.8 Å². The van der Waals surface area contributed by atoms with Gasteiger partial charge in [0.2, 0.25) is 0 Å². The summed E-state index contributed by atoms with van der Waals surface area (Å²) in [5.74, 6) is -0.140. The summed E-state index contributed by atoms with van der Waals surface area (Å²) >= 11 is 0. The highest BCUT2D eigenvalue weighted by Crippen LogP contribution is 2.39. The van der Waals surface area contributed by atoms with Gasteiger partial charge in [-0.2, -0.15) is 18.3 Å². The van der Waals surface area contributed by atoms with Crippen molar-refractivity contribution in [2.24, 2.45) is 0 Å². The van der Waals surface area contributed by atoms with Gasteiger partial charge in [0.25, 0.3) is 0 Å². The van der Waals surface area contributed by atoms with Crippen LogP contribution in [0.3, 0.4) is 0 Å². The summed E-state index contributed by atoms with van der Waals surface area (Å²) in [7, 11) is 3.81. The molecule has 2 rings (SSSR count). The topological polar surface area (TPSA) is 53.2 Å². The number of hydrogen-bond donors (Lipinski definition) is 2. The highest BCUT2D eigenvalue weighted by atomic mass is 19.4. The molecule has 1 aromatic heterocycles. The molecule has 0 fully saturated rings. The fourth-order valence-corrected chi connectivity index (χ4v) is 2.58. The van der Waals surface area contributed by atoms with E-state index in [9.17, 15) is 13.2 Å². The van der Waals surface area contributed by atoms with Crippen LogP contribution in [0.15, 0.2) is 24.4 Å². The highest BCUT2D eigenvalue weighted by molar-refractivity contribution is 5.67. The Morgan fingerprint density at radius 2 is 2.08 bits per heavy atom. The van der Waals surface area contributed by atoms with E-state index in [-0.39, 0.29) is 12.4 Å². The van der Waals surface area contributed by atoms with Gasteiger partial charge in [-0.05, 0) is 38.2 Å². The summed E-state index contributed by atoms with van der Waals surface area (Å²) in [4.78, 5) is 2.06. The van der Waals surface area contributed by atoms with Crippen LogP contribution in [-0.2, 0) is 12.7 Å². The van der Waals surface area contributed by atoms with Crippen LogP contribution < -0.4 is 10.1 Å². The average Bonchev–Trinajstić information content (AvgIpc) is 3.05. The maximum Gasteiger partial charge on any atom is 0.419 e. The summed E-state index contributed by atoms with van der Waals surface area (Å²) in [6.07, 6.45) is -2.21. The largest absolute Gasteiger partial charge is 0.493 e. The van der Waals surface area contributed by atoms with Crippen molar-refractivity contribution in [3.05, 3.63) is 35.7 Å². The molecule has 0 spiro atoms. The number of aromatic nitrogens is 2. The Labute approximate surface area is 151 Å². The van der Waals surface area contributed by atoms with Crippen LogP contribution in [0.2, 0.25) is 0 Å². The molecule has 144 valence electrons. The zero-order valence-electron chi connectivity index (χ0n) is 15.3. The summed E-state index contributed by atoms with van der Waals surface area (Å²) in [6, 6.07) is 4.16. The summed E-state index contributed by atoms with van der Waals surface area (Å²) in [5, 5.41) is 10.0. The highest BCUT2D eigenvalue weighted by Gasteiger charge is 2.35. The molecule has 0 saturated heterocycles. The van der Waals surface area contributed by atoms with Gasteiger partial charge >= 0.3 is 6.18 Å². The first-order valence-corrected chi connectivity index (χ1v) is 8.57. The second-order valence-corrected chi connectivity index (χ2v) is 6.14. The molecular formula is C18H25F3N4O. The first kappa shape index (κ1) is 20.3. The van der Waals surface area contributed by atoms with Crippen molar-refractivity contribution >= 4 is 0 Å². The van der Waals surface area contributed by atoms with Gasteiger partial charge in [-0.25, -0.2) is 0 Å². The summed E-state index contributed by atoms with van der Waals surface area (Å²) in [5.41, 5.74) is 1.07. The number of aromatic amines is 1. The third kappa shape index (κ3) is 5.22. The third-order valence-corrected chi connectivity index (χ3v) is 3.94. The first-order valence-electron chi connectivity index (χ1n) is 8.57. The molecule has 2 N–H and O–H groups in total. The molecule has 0 aliphatic heterocycles. The van der Waals surface area contributed by atoms with Crippen LogP contribution >= 0.6 is 0 Å². The molecule has 0 aliphatic rings. The maximum atomic E-state index is 13.4. The molecule has 0 amide bonds. The van der Waals surface area contributed by atoms with Gasteiger partial charge in [-0.15, -0.1) is 0 Å². The van der Waals surface area contributed by atoms with Crippen molar-refractivity contribution in [1.29, 1.82) is 0 Å². The number of hydrogen-bond acceptors (Lipinski definition) is 4. The second kappa shape index (κ2) is 9.05. The quantitative estimate of drug-likeness (QED) is 0.709. The van der Waals surface area contributed by atoms with E-state index in [4.69, 9.17) is 4.74 Å². The number of alkyl halides is 3. The number of benzene rings is 1. The maximum absolute atomic E-state index is 13.4. The molecule has 0 aliphatic carbocycles. The van der Waals surface area contributed by atoms with E-state index < -0.39 is 11.7 Å². The first-order chi connectivity index (χ1) is 12.4. The lowest BCUT2D eigenvalue weighted by Crippen LogP contribution is -2.27. The van der Waals surface area contributed by atoms with E-state index in [1.165, 1.54) is 6.07 Å². The molecule has 1 aromatic carbocycles. The van der Waals surface area contributed by atoms with Crippen molar-refractivity contribution in [3.63, 3.8) is 0 Å². The minimum absolute atomic E-state index is 0.140. The second-order valence-electron chi connectivity index (χ2n) is 6.14. The molecule has 1 heterocycles. The van der Waals surface area contributed by atoms with Crippen molar-refractivity contribution in [1.82, 2.24) is 20.4 Å². The lowest BCUT2D eigenvalue weighted by Gasteiger charge is -2.17. The monoisotopic (exact) mass is 370 g/mol. The van der Waals surface area contributed by atoms with Crippen molar-refractivity contribution in [2.45, 2.75) is 26.1 Å². The summed E-state index contributed by atoms with van der Waals surface area (Å²) in [6.45, 7) is 4.26. The average molecular weight is 370 g/mol. The van der Waals surface area contributed by atoms with Gasteiger partial charge in [0.1, 0.15) is 5.75 Å². The van der Waals surface area contributed by atoms with Gasteiger partial charge in [0, 0.05) is 31.4 Å². The van der Waals surface area contributed by atoms with Crippen LogP contribution in [0.25, 0.3) is 11.1 Å². The van der Waals surface area contributed by atoms with Gasteiger partial charge < -0.3 is 10.1 Å². The number of halogens is 3. The lowest BCUT2D eigenvalue weighted by molar-refractivity contribution is -0.138. The van der Waals surface area contributed by atoms with E-state index in [1.807, 2.05) is 21.0 Å². The third-order valence-electron chi connectivity index (χ3n) is 3.94. The zero-order valence-corrected chi connectivity index (χ0v) is 15.3. The Bertz CT molecular complexity index is 700. The Morgan fingerprint density at radius 3 is 2.73 bits per heavy atom. The standard InChI is InChI=1S/C18H25F3N4O/c1-4-9-26-17-6-5-13(10-15(17)18(19,20)21)14-11-23-24-16(14)12-25(3)8-7-22-2/h5-6,10-11,22H,4,7-9,12H2,1-3H3,(H,23,24). The number of nitrogens with one attached hydrogen (secondary N) is 2. The molecular weight excluding hydrogens is 345 g/mol. The Balaban J connectivity index is 2.30. The number of H-pyrrole nitrogens is 1. The molecule has 0 atom stereocenters. The smallest absolute Gasteiger partial charge is 0.419 e. The number of rotatable bonds is 9. The SMILES string of the molecule is CCCOc1ccc(-c2c[nH]nc2CN(C)CCNC)cc1C(F)(F)F. The van der Waals surface area contributed by atoms with Crippen LogP contribution in [0.4, 0.5) is 13.2 Å². The van der Waals surface area contributed by atoms with Gasteiger partial charge in [0.05, 0.1) is 17.9 Å². The van der Waals surface area contributed by atoms with E-state index in [1.54, 1.807) is 12.3 Å². The minimum atomic E-state index is -4.48. The van der Waals surface area contributed by atoms with Crippen LogP contribution in [0.5, 0.6) is 5.75 Å². The lowest BCUT2D eigenvalue weighted by atomic mass is 10.0. The van der Waals surface area contributed by atoms with Crippen LogP contribution in [-0.4, -0.2) is 48.9 Å². The summed E-state index contributed by atoms with van der Waals surface area (Å²) < 4.78 is 45.6. The Kier molecular flexibility index (Phi) is 7.05. The Hall–Kier alpha value is -2.06. The minimum Gasteiger partial charge on any atom is -0.493 e. The molecule has 0 saturated carbocycles. The van der Waals surface area contributed by atoms with E-state index >= 15 is 0 Å². The molecule has 0 unspecified atom stereocenters. The molecule has 26 heavy (non-hydrogen) atoms. The molecule has 8 heteroatoms. The van der Waals surface area contributed by atoms with Gasteiger partial charge in [-0.1, -0.05) is 13.0 Å². The molecule has 0 bridgehead atoms. The predicted octanol–water partition coefficient (Wildman–Crippen LogP) is 3.54. The normalized spacial score (nSPS) is 12.0.